The van der Waals surface area contributed by atoms with Gasteiger partial charge in [0, 0.05) is 37.9 Å². The van der Waals surface area contributed by atoms with Crippen molar-refractivity contribution < 1.29 is 14.3 Å². The van der Waals surface area contributed by atoms with Crippen LogP contribution in [0.4, 0.5) is 4.79 Å². The van der Waals surface area contributed by atoms with E-state index in [9.17, 15) is 9.59 Å². The molecule has 138 valence electrons. The van der Waals surface area contributed by atoms with E-state index in [0.717, 1.165) is 24.5 Å². The molecule has 1 fully saturated rings. The maximum Gasteiger partial charge on any atom is 0.315 e. The molecule has 0 atom stereocenters. The van der Waals surface area contributed by atoms with Gasteiger partial charge in [-0.25, -0.2) is 4.79 Å². The number of urea groups is 1. The number of carbonyl (C=O) groups is 2. The number of nitrogens with one attached hydrogen (secondary N) is 3. The fourth-order valence-corrected chi connectivity index (χ4v) is 2.28. The maximum absolute atomic E-state index is 12.1. The molecule has 3 N–H and O–H groups in total. The minimum absolute atomic E-state index is 0.0840. The summed E-state index contributed by atoms with van der Waals surface area (Å²) in [4.78, 5) is 23.6. The van der Waals surface area contributed by atoms with E-state index in [4.69, 9.17) is 4.74 Å². The first-order valence-electron chi connectivity index (χ1n) is 9.04. The summed E-state index contributed by atoms with van der Waals surface area (Å²) in [5.41, 5.74) is 1.57. The summed E-state index contributed by atoms with van der Waals surface area (Å²) >= 11 is 0. The highest BCUT2D eigenvalue weighted by atomic mass is 16.5. The molecule has 1 saturated carbocycles. The smallest absolute Gasteiger partial charge is 0.315 e. The fourth-order valence-electron chi connectivity index (χ4n) is 2.28. The first-order chi connectivity index (χ1) is 12.0. The van der Waals surface area contributed by atoms with Crippen LogP contribution in [0.1, 0.15) is 49.0 Å². The SMILES string of the molecule is CC(C)NC(=O)NCc1ccc(C(=O)NCCCOCC2CC2)cc1. The zero-order valence-corrected chi connectivity index (χ0v) is 15.1. The zero-order valence-electron chi connectivity index (χ0n) is 15.1. The Morgan fingerprint density at radius 1 is 1.16 bits per heavy atom. The number of hydrogen-bond acceptors (Lipinski definition) is 3. The average molecular weight is 347 g/mol. The molecule has 2 rings (SSSR count). The van der Waals surface area contributed by atoms with Crippen LogP contribution < -0.4 is 16.0 Å². The quantitative estimate of drug-likeness (QED) is 0.569. The van der Waals surface area contributed by atoms with Gasteiger partial charge in [0.05, 0.1) is 0 Å². The summed E-state index contributed by atoms with van der Waals surface area (Å²) in [7, 11) is 0. The van der Waals surface area contributed by atoms with E-state index in [1.54, 1.807) is 12.1 Å². The Hall–Kier alpha value is -2.08. The van der Waals surface area contributed by atoms with Crippen molar-refractivity contribution in [3.63, 3.8) is 0 Å². The van der Waals surface area contributed by atoms with Gasteiger partial charge in [0.2, 0.25) is 0 Å². The van der Waals surface area contributed by atoms with E-state index in [2.05, 4.69) is 16.0 Å². The van der Waals surface area contributed by atoms with Crippen LogP contribution >= 0.6 is 0 Å². The highest BCUT2D eigenvalue weighted by Gasteiger charge is 2.20. The molecule has 0 saturated heterocycles. The second-order valence-electron chi connectivity index (χ2n) is 6.81. The van der Waals surface area contributed by atoms with Gasteiger partial charge in [-0.1, -0.05) is 12.1 Å². The molecule has 3 amide bonds. The molecule has 0 heterocycles. The van der Waals surface area contributed by atoms with Crippen molar-refractivity contribution in [1.82, 2.24) is 16.0 Å². The molecule has 1 aromatic carbocycles. The van der Waals surface area contributed by atoms with Crippen LogP contribution in [0.3, 0.4) is 0 Å². The lowest BCUT2D eigenvalue weighted by atomic mass is 10.1. The Kier molecular flexibility index (Phi) is 7.73. The molecule has 1 aliphatic carbocycles. The minimum Gasteiger partial charge on any atom is -0.381 e. The highest BCUT2D eigenvalue weighted by molar-refractivity contribution is 5.94. The van der Waals surface area contributed by atoms with E-state index in [1.807, 2.05) is 26.0 Å². The minimum atomic E-state index is -0.194. The predicted molar refractivity (Wildman–Crippen MR) is 97.4 cm³/mol. The first-order valence-corrected chi connectivity index (χ1v) is 9.04. The number of benzene rings is 1. The summed E-state index contributed by atoms with van der Waals surface area (Å²) in [6, 6.07) is 7.16. The number of amides is 3. The van der Waals surface area contributed by atoms with Crippen molar-refractivity contribution in [2.24, 2.45) is 5.92 Å². The zero-order chi connectivity index (χ0) is 18.1. The standard InChI is InChI=1S/C19H29N3O3/c1-14(2)22-19(24)21-12-15-6-8-17(9-7-15)18(23)20-10-3-11-25-13-16-4-5-16/h6-9,14,16H,3-5,10-13H2,1-2H3,(H,20,23)(H2,21,22,24). The Bertz CT molecular complexity index is 554. The van der Waals surface area contributed by atoms with E-state index in [0.29, 0.717) is 25.3 Å². The van der Waals surface area contributed by atoms with E-state index >= 15 is 0 Å². The molecule has 1 aliphatic rings. The molecular weight excluding hydrogens is 318 g/mol. The Morgan fingerprint density at radius 3 is 2.52 bits per heavy atom. The van der Waals surface area contributed by atoms with Gasteiger partial charge in [-0.05, 0) is 56.7 Å². The molecule has 0 unspecified atom stereocenters. The maximum atomic E-state index is 12.1. The fraction of sp³-hybridized carbons (Fsp3) is 0.579. The van der Waals surface area contributed by atoms with Crippen LogP contribution in [0.5, 0.6) is 0 Å². The van der Waals surface area contributed by atoms with Gasteiger partial charge in [-0.2, -0.15) is 0 Å². The van der Waals surface area contributed by atoms with Crippen LogP contribution in [0.15, 0.2) is 24.3 Å². The molecule has 6 nitrogen and oxygen atoms in total. The molecule has 0 bridgehead atoms. The summed E-state index contributed by atoms with van der Waals surface area (Å²) in [6.07, 6.45) is 3.42. The van der Waals surface area contributed by atoms with Crippen molar-refractivity contribution in [2.45, 2.75) is 45.7 Å². The first kappa shape index (κ1) is 19.2. The summed E-state index contributed by atoms with van der Waals surface area (Å²) < 4.78 is 5.54. The van der Waals surface area contributed by atoms with Gasteiger partial charge in [-0.3, -0.25) is 4.79 Å². The Morgan fingerprint density at radius 2 is 1.88 bits per heavy atom. The normalized spacial score (nSPS) is 13.6. The topological polar surface area (TPSA) is 79.5 Å². The molecule has 25 heavy (non-hydrogen) atoms. The number of rotatable bonds is 10. The number of carbonyl (C=O) groups excluding carboxylic acids is 2. The predicted octanol–water partition coefficient (Wildman–Crippen LogP) is 2.44. The molecule has 1 aromatic rings. The van der Waals surface area contributed by atoms with E-state index < -0.39 is 0 Å². The van der Waals surface area contributed by atoms with Crippen LogP contribution in [0, 0.1) is 5.92 Å². The van der Waals surface area contributed by atoms with Crippen molar-refractivity contribution in [1.29, 1.82) is 0 Å². The van der Waals surface area contributed by atoms with Gasteiger partial charge in [0.25, 0.3) is 5.91 Å². The largest absolute Gasteiger partial charge is 0.381 e. The second kappa shape index (κ2) is 10.0. The van der Waals surface area contributed by atoms with Crippen molar-refractivity contribution in [2.75, 3.05) is 19.8 Å². The van der Waals surface area contributed by atoms with Crippen LogP contribution in [0.25, 0.3) is 0 Å². The van der Waals surface area contributed by atoms with Crippen LogP contribution in [-0.2, 0) is 11.3 Å². The Labute approximate surface area is 149 Å². The summed E-state index contributed by atoms with van der Waals surface area (Å²) in [6.45, 7) is 6.41. The molecule has 6 heteroatoms. The second-order valence-corrected chi connectivity index (χ2v) is 6.81. The van der Waals surface area contributed by atoms with Crippen molar-refractivity contribution in [3.05, 3.63) is 35.4 Å². The lowest BCUT2D eigenvalue weighted by molar-refractivity contribution is 0.0937. The van der Waals surface area contributed by atoms with E-state index in [1.165, 1.54) is 12.8 Å². The number of ether oxygens (including phenoxy) is 1. The van der Waals surface area contributed by atoms with Gasteiger partial charge in [0.15, 0.2) is 0 Å². The lowest BCUT2D eigenvalue weighted by Crippen LogP contribution is -2.39. The molecule has 0 aromatic heterocycles. The van der Waals surface area contributed by atoms with Crippen molar-refractivity contribution >= 4 is 11.9 Å². The third-order valence-electron chi connectivity index (χ3n) is 3.89. The summed E-state index contributed by atoms with van der Waals surface area (Å²) in [5.74, 6) is 0.693. The third kappa shape index (κ3) is 8.03. The average Bonchev–Trinajstić information content (AvgIpc) is 3.40. The van der Waals surface area contributed by atoms with Gasteiger partial charge in [-0.15, -0.1) is 0 Å². The van der Waals surface area contributed by atoms with Crippen molar-refractivity contribution in [3.8, 4) is 0 Å². The lowest BCUT2D eigenvalue weighted by Gasteiger charge is -2.10. The van der Waals surface area contributed by atoms with E-state index in [-0.39, 0.29) is 18.0 Å². The molecule has 0 spiro atoms. The highest BCUT2D eigenvalue weighted by Crippen LogP contribution is 2.28. The number of hydrogen-bond donors (Lipinski definition) is 3. The van der Waals surface area contributed by atoms with Gasteiger partial charge in [0.1, 0.15) is 0 Å². The molecule has 0 radical (unpaired) electrons. The molecule has 0 aliphatic heterocycles. The van der Waals surface area contributed by atoms with Gasteiger partial charge >= 0.3 is 6.03 Å². The van der Waals surface area contributed by atoms with Crippen LogP contribution in [-0.4, -0.2) is 37.7 Å². The monoisotopic (exact) mass is 347 g/mol. The Balaban J connectivity index is 1.62. The van der Waals surface area contributed by atoms with Crippen LogP contribution in [0.2, 0.25) is 0 Å². The van der Waals surface area contributed by atoms with Gasteiger partial charge < -0.3 is 20.7 Å². The summed E-state index contributed by atoms with van der Waals surface area (Å²) in [5, 5.41) is 8.44. The third-order valence-corrected chi connectivity index (χ3v) is 3.89. The molecular formula is C19H29N3O3.